The van der Waals surface area contributed by atoms with Crippen molar-refractivity contribution in [3.8, 4) is 0 Å². The minimum absolute atomic E-state index is 0.0952. The Morgan fingerprint density at radius 2 is 1.26 bits per heavy atom. The Kier molecular flexibility index (Phi) is 8.59. The van der Waals surface area contributed by atoms with Gasteiger partial charge in [-0.15, -0.1) is 24.4 Å². The van der Waals surface area contributed by atoms with E-state index in [9.17, 15) is 20.2 Å². The molecule has 0 heterocycles. The molecule has 2 fully saturated rings. The first-order valence-corrected chi connectivity index (χ1v) is 10.6. The summed E-state index contributed by atoms with van der Waals surface area (Å²) < 4.78 is 0. The smallest absolute Gasteiger partial charge is 0.258 e. The predicted molar refractivity (Wildman–Crippen MR) is 114 cm³/mol. The molecule has 2 aromatic carbocycles. The molecular formula is C18H19BrN2O4S2. The summed E-state index contributed by atoms with van der Waals surface area (Å²) in [5, 5.41) is 21.2. The SMILES string of the molecule is BrC1CC1.O=[N+]([O-])c1ccc(S)cc1.O=[N+]([O-])c1ccc(SC2CC2)cc1. The van der Waals surface area contributed by atoms with Crippen molar-refractivity contribution in [2.75, 3.05) is 0 Å². The van der Waals surface area contributed by atoms with E-state index in [2.05, 4.69) is 28.6 Å². The summed E-state index contributed by atoms with van der Waals surface area (Å²) >= 11 is 9.17. The molecule has 2 aliphatic rings. The molecule has 0 amide bonds. The number of nitro benzene ring substituents is 2. The van der Waals surface area contributed by atoms with Gasteiger partial charge in [0.05, 0.1) is 9.85 Å². The fourth-order valence-corrected chi connectivity index (χ4v) is 3.13. The quantitative estimate of drug-likeness (QED) is 0.246. The van der Waals surface area contributed by atoms with Crippen molar-refractivity contribution in [2.45, 2.75) is 45.6 Å². The van der Waals surface area contributed by atoms with Crippen LogP contribution in [0.25, 0.3) is 0 Å². The highest BCUT2D eigenvalue weighted by Gasteiger charge is 2.22. The number of rotatable bonds is 4. The third kappa shape index (κ3) is 9.25. The zero-order valence-electron chi connectivity index (χ0n) is 14.4. The van der Waals surface area contributed by atoms with Gasteiger partial charge in [0, 0.05) is 44.1 Å². The molecule has 0 N–H and O–H groups in total. The van der Waals surface area contributed by atoms with Gasteiger partial charge in [0.1, 0.15) is 0 Å². The second kappa shape index (κ2) is 10.7. The summed E-state index contributed by atoms with van der Waals surface area (Å²) in [6, 6.07) is 12.8. The van der Waals surface area contributed by atoms with Gasteiger partial charge in [-0.1, -0.05) is 15.9 Å². The van der Waals surface area contributed by atoms with E-state index in [1.165, 1.54) is 37.8 Å². The molecule has 27 heavy (non-hydrogen) atoms. The Labute approximate surface area is 175 Å². The number of thioether (sulfide) groups is 1. The topological polar surface area (TPSA) is 86.3 Å². The van der Waals surface area contributed by atoms with Crippen LogP contribution >= 0.6 is 40.3 Å². The summed E-state index contributed by atoms with van der Waals surface area (Å²) in [5.74, 6) is 0. The van der Waals surface area contributed by atoms with Crippen molar-refractivity contribution in [1.29, 1.82) is 0 Å². The number of alkyl halides is 1. The van der Waals surface area contributed by atoms with Crippen LogP contribution in [-0.2, 0) is 0 Å². The van der Waals surface area contributed by atoms with E-state index in [0.717, 1.165) is 19.9 Å². The van der Waals surface area contributed by atoms with E-state index in [0.29, 0.717) is 0 Å². The number of benzene rings is 2. The lowest BCUT2D eigenvalue weighted by molar-refractivity contribution is -0.385. The monoisotopic (exact) mass is 470 g/mol. The first-order valence-electron chi connectivity index (χ1n) is 8.33. The van der Waals surface area contributed by atoms with E-state index in [1.807, 2.05) is 23.9 Å². The Bertz CT molecular complexity index is 764. The molecule has 4 rings (SSSR count). The number of thiol groups is 1. The van der Waals surface area contributed by atoms with Gasteiger partial charge in [-0.2, -0.15) is 0 Å². The molecule has 0 aromatic heterocycles. The molecule has 0 unspecified atom stereocenters. The van der Waals surface area contributed by atoms with Crippen LogP contribution < -0.4 is 0 Å². The number of nitro groups is 2. The Morgan fingerprint density at radius 1 is 0.852 bits per heavy atom. The van der Waals surface area contributed by atoms with Crippen molar-refractivity contribution in [3.05, 3.63) is 68.8 Å². The summed E-state index contributed by atoms with van der Waals surface area (Å²) in [6.45, 7) is 0. The van der Waals surface area contributed by atoms with Crippen molar-refractivity contribution < 1.29 is 9.85 Å². The molecular weight excluding hydrogens is 452 g/mol. The standard InChI is InChI=1S/C9H9NO2S.C6H5NO2S.C3H5Br/c11-10(12)7-1-3-8(4-2-7)13-9-5-6-9;8-7(9)5-1-3-6(10)4-2-5;4-3-1-2-3/h1-4,9H,5-6H2;1-4,10H;3H,1-2H2. The molecule has 144 valence electrons. The van der Waals surface area contributed by atoms with Crippen LogP contribution in [0.2, 0.25) is 0 Å². The summed E-state index contributed by atoms with van der Waals surface area (Å²) in [7, 11) is 0. The number of halogens is 1. The summed E-state index contributed by atoms with van der Waals surface area (Å²) in [6.07, 6.45) is 5.36. The Hall–Kier alpha value is -1.58. The normalized spacial score (nSPS) is 14.9. The minimum atomic E-state index is -0.437. The lowest BCUT2D eigenvalue weighted by Crippen LogP contribution is -1.86. The van der Waals surface area contributed by atoms with Gasteiger partial charge in [0.15, 0.2) is 0 Å². The van der Waals surface area contributed by atoms with Gasteiger partial charge in [0.2, 0.25) is 0 Å². The van der Waals surface area contributed by atoms with E-state index >= 15 is 0 Å². The van der Waals surface area contributed by atoms with Crippen LogP contribution in [-0.4, -0.2) is 19.9 Å². The molecule has 2 aliphatic carbocycles. The second-order valence-corrected chi connectivity index (χ2v) is 9.20. The largest absolute Gasteiger partial charge is 0.269 e. The molecule has 0 saturated heterocycles. The van der Waals surface area contributed by atoms with Crippen LogP contribution in [0.1, 0.15) is 25.7 Å². The number of nitrogens with zero attached hydrogens (tertiary/aromatic N) is 2. The third-order valence-electron chi connectivity index (χ3n) is 3.44. The fraction of sp³-hybridized carbons (Fsp3) is 0.333. The van der Waals surface area contributed by atoms with Crippen LogP contribution in [0.4, 0.5) is 11.4 Å². The van der Waals surface area contributed by atoms with E-state index in [4.69, 9.17) is 0 Å². The molecule has 2 aromatic rings. The average Bonchev–Trinajstić information content (AvgIpc) is 3.56. The van der Waals surface area contributed by atoms with Gasteiger partial charge in [0.25, 0.3) is 11.4 Å². The molecule has 9 heteroatoms. The maximum Gasteiger partial charge on any atom is 0.269 e. The molecule has 0 atom stereocenters. The Balaban J connectivity index is 0.000000164. The fourth-order valence-electron chi connectivity index (χ4n) is 1.66. The minimum Gasteiger partial charge on any atom is -0.258 e. The maximum atomic E-state index is 10.3. The summed E-state index contributed by atoms with van der Waals surface area (Å²) in [4.78, 5) is 22.4. The van der Waals surface area contributed by atoms with E-state index < -0.39 is 4.92 Å². The van der Waals surface area contributed by atoms with Gasteiger partial charge >= 0.3 is 0 Å². The van der Waals surface area contributed by atoms with Crippen LogP contribution in [0.5, 0.6) is 0 Å². The van der Waals surface area contributed by atoms with Crippen LogP contribution in [0, 0.1) is 20.2 Å². The van der Waals surface area contributed by atoms with Gasteiger partial charge in [-0.25, -0.2) is 0 Å². The molecule has 0 aliphatic heterocycles. The summed E-state index contributed by atoms with van der Waals surface area (Å²) in [5.41, 5.74) is 0.262. The van der Waals surface area contributed by atoms with Crippen LogP contribution in [0.3, 0.4) is 0 Å². The number of hydrogen-bond acceptors (Lipinski definition) is 6. The molecule has 0 radical (unpaired) electrons. The molecule has 0 bridgehead atoms. The zero-order chi connectivity index (χ0) is 19.8. The zero-order valence-corrected chi connectivity index (χ0v) is 17.7. The van der Waals surface area contributed by atoms with E-state index in [1.54, 1.807) is 24.3 Å². The second-order valence-electron chi connectivity index (χ2n) is 6.02. The third-order valence-corrected chi connectivity index (χ3v) is 6.00. The predicted octanol–water partition coefficient (Wildman–Crippen LogP) is 6.28. The molecule has 0 spiro atoms. The van der Waals surface area contributed by atoms with Crippen LogP contribution in [0.15, 0.2) is 58.3 Å². The lowest BCUT2D eigenvalue weighted by atomic mass is 10.3. The molecule has 6 nitrogen and oxygen atoms in total. The van der Waals surface area contributed by atoms with Crippen molar-refractivity contribution in [1.82, 2.24) is 0 Å². The highest BCUT2D eigenvalue weighted by Crippen LogP contribution is 2.39. The highest BCUT2D eigenvalue weighted by molar-refractivity contribution is 9.09. The number of non-ortho nitro benzene ring substituents is 2. The van der Waals surface area contributed by atoms with Crippen molar-refractivity contribution in [3.63, 3.8) is 0 Å². The van der Waals surface area contributed by atoms with Crippen molar-refractivity contribution >= 4 is 51.7 Å². The molecule has 2 saturated carbocycles. The van der Waals surface area contributed by atoms with Gasteiger partial charge in [-0.05, 0) is 49.9 Å². The van der Waals surface area contributed by atoms with Gasteiger partial charge < -0.3 is 0 Å². The average molecular weight is 471 g/mol. The van der Waals surface area contributed by atoms with E-state index in [-0.39, 0.29) is 16.3 Å². The van der Waals surface area contributed by atoms with Crippen molar-refractivity contribution in [2.24, 2.45) is 0 Å². The first kappa shape index (κ1) is 21.7. The first-order chi connectivity index (χ1) is 12.8. The highest BCUT2D eigenvalue weighted by atomic mass is 79.9. The maximum absolute atomic E-state index is 10.3. The number of hydrogen-bond donors (Lipinski definition) is 1. The van der Waals surface area contributed by atoms with Gasteiger partial charge in [-0.3, -0.25) is 20.2 Å². The lowest BCUT2D eigenvalue weighted by Gasteiger charge is -1.97. The Morgan fingerprint density at radius 3 is 1.59 bits per heavy atom.